The molecular formula is C11H23NO2. The summed E-state index contributed by atoms with van der Waals surface area (Å²) in [7, 11) is 1.80. The lowest BCUT2D eigenvalue weighted by Crippen LogP contribution is -2.36. The van der Waals surface area contributed by atoms with Crippen molar-refractivity contribution in [1.82, 2.24) is 5.32 Å². The van der Waals surface area contributed by atoms with Crippen molar-refractivity contribution in [2.45, 2.75) is 46.6 Å². The zero-order chi connectivity index (χ0) is 11.2. The van der Waals surface area contributed by atoms with E-state index in [1.54, 1.807) is 7.05 Å². The number of rotatable bonds is 5. The molecule has 84 valence electrons. The summed E-state index contributed by atoms with van der Waals surface area (Å²) in [6.07, 6.45) is 1.84. The quantitative estimate of drug-likeness (QED) is 0.691. The fraction of sp³-hybridized carbons (Fsp3) is 0.909. The van der Waals surface area contributed by atoms with E-state index in [0.29, 0.717) is 6.61 Å². The highest BCUT2D eigenvalue weighted by molar-refractivity contribution is 5.75. The monoisotopic (exact) mass is 201 g/mol. The van der Waals surface area contributed by atoms with Gasteiger partial charge in [-0.3, -0.25) is 4.79 Å². The molecule has 1 atom stereocenters. The van der Waals surface area contributed by atoms with Crippen LogP contribution in [0.25, 0.3) is 0 Å². The molecule has 0 radical (unpaired) electrons. The molecule has 3 heteroatoms. The molecule has 0 aliphatic rings. The van der Waals surface area contributed by atoms with Gasteiger partial charge in [0.2, 0.25) is 0 Å². The minimum atomic E-state index is -0.158. The molecule has 0 aliphatic heterocycles. The number of ether oxygens (including phenoxy) is 1. The van der Waals surface area contributed by atoms with Gasteiger partial charge < -0.3 is 10.1 Å². The van der Waals surface area contributed by atoms with E-state index in [4.69, 9.17) is 4.74 Å². The third-order valence-electron chi connectivity index (χ3n) is 2.10. The van der Waals surface area contributed by atoms with Gasteiger partial charge in [-0.2, -0.15) is 0 Å². The third-order valence-corrected chi connectivity index (χ3v) is 2.10. The van der Waals surface area contributed by atoms with Gasteiger partial charge >= 0.3 is 5.97 Å². The molecule has 0 spiro atoms. The van der Waals surface area contributed by atoms with E-state index in [1.165, 1.54) is 0 Å². The predicted molar refractivity (Wildman–Crippen MR) is 58.2 cm³/mol. The second-order valence-corrected chi connectivity index (χ2v) is 4.69. The van der Waals surface area contributed by atoms with Crippen molar-refractivity contribution in [1.29, 1.82) is 0 Å². The minimum Gasteiger partial charge on any atom is -0.465 e. The highest BCUT2D eigenvalue weighted by Crippen LogP contribution is 2.21. The fourth-order valence-corrected chi connectivity index (χ4v) is 1.20. The Bertz CT molecular complexity index is 173. The molecule has 0 amide bonds. The molecule has 1 N–H and O–H groups in total. The van der Waals surface area contributed by atoms with Gasteiger partial charge in [0.15, 0.2) is 0 Å². The molecule has 0 bridgehead atoms. The molecule has 0 aromatic heterocycles. The second-order valence-electron chi connectivity index (χ2n) is 4.69. The number of nitrogens with one attached hydrogen (secondary N) is 1. The first kappa shape index (κ1) is 13.4. The summed E-state index contributed by atoms with van der Waals surface area (Å²) in [6, 6.07) is -0.158. The lowest BCUT2D eigenvalue weighted by Gasteiger charge is -2.21. The first-order valence-electron chi connectivity index (χ1n) is 5.24. The molecule has 0 rings (SSSR count). The van der Waals surface area contributed by atoms with Gasteiger partial charge in [-0.25, -0.2) is 0 Å². The van der Waals surface area contributed by atoms with Gasteiger partial charge in [0.05, 0.1) is 6.61 Å². The van der Waals surface area contributed by atoms with E-state index in [1.807, 2.05) is 6.92 Å². The molecule has 14 heavy (non-hydrogen) atoms. The van der Waals surface area contributed by atoms with Crippen LogP contribution < -0.4 is 5.32 Å². The predicted octanol–water partition coefficient (Wildman–Crippen LogP) is 1.96. The molecule has 3 nitrogen and oxygen atoms in total. The number of carbonyl (C=O) groups is 1. The smallest absolute Gasteiger partial charge is 0.323 e. The van der Waals surface area contributed by atoms with Crippen LogP contribution in [0.1, 0.15) is 40.5 Å². The van der Waals surface area contributed by atoms with Crippen LogP contribution >= 0.6 is 0 Å². The average Bonchev–Trinajstić information content (AvgIpc) is 2.03. The highest BCUT2D eigenvalue weighted by atomic mass is 16.5. The van der Waals surface area contributed by atoms with Crippen molar-refractivity contribution in [2.24, 2.45) is 5.41 Å². The Labute approximate surface area is 87.2 Å². The van der Waals surface area contributed by atoms with Crippen molar-refractivity contribution in [2.75, 3.05) is 13.7 Å². The van der Waals surface area contributed by atoms with Crippen LogP contribution in [-0.4, -0.2) is 25.7 Å². The standard InChI is InChI=1S/C11H23NO2/c1-6-14-10(13)9(12-5)7-8-11(2,3)4/h9,12H,6-8H2,1-5H3. The largest absolute Gasteiger partial charge is 0.465 e. The molecule has 0 saturated carbocycles. The van der Waals surface area contributed by atoms with Crippen LogP contribution in [0.2, 0.25) is 0 Å². The molecular weight excluding hydrogens is 178 g/mol. The van der Waals surface area contributed by atoms with Crippen molar-refractivity contribution in [3.63, 3.8) is 0 Å². The van der Waals surface area contributed by atoms with Crippen LogP contribution in [0, 0.1) is 5.41 Å². The van der Waals surface area contributed by atoms with Crippen LogP contribution in [0.15, 0.2) is 0 Å². The van der Waals surface area contributed by atoms with Crippen molar-refractivity contribution in [3.8, 4) is 0 Å². The van der Waals surface area contributed by atoms with Crippen LogP contribution in [-0.2, 0) is 9.53 Å². The van der Waals surface area contributed by atoms with Crippen molar-refractivity contribution in [3.05, 3.63) is 0 Å². The Balaban J connectivity index is 3.97. The maximum atomic E-state index is 11.4. The van der Waals surface area contributed by atoms with Crippen LogP contribution in [0.3, 0.4) is 0 Å². The van der Waals surface area contributed by atoms with Gasteiger partial charge in [0.1, 0.15) is 6.04 Å². The molecule has 0 fully saturated rings. The minimum absolute atomic E-state index is 0.140. The number of esters is 1. The van der Waals surface area contributed by atoms with Gasteiger partial charge in [0, 0.05) is 0 Å². The Kier molecular flexibility index (Phi) is 5.77. The summed E-state index contributed by atoms with van der Waals surface area (Å²) in [5.74, 6) is -0.140. The second kappa shape index (κ2) is 6.02. The normalized spacial score (nSPS) is 13.8. The summed E-state index contributed by atoms with van der Waals surface area (Å²) >= 11 is 0. The summed E-state index contributed by atoms with van der Waals surface area (Å²) in [5.41, 5.74) is 0.265. The fourth-order valence-electron chi connectivity index (χ4n) is 1.20. The van der Waals surface area contributed by atoms with Gasteiger partial charge in [0.25, 0.3) is 0 Å². The highest BCUT2D eigenvalue weighted by Gasteiger charge is 2.20. The Morgan fingerprint density at radius 2 is 2.00 bits per heavy atom. The van der Waals surface area contributed by atoms with E-state index in [-0.39, 0.29) is 17.4 Å². The summed E-state index contributed by atoms with van der Waals surface area (Å²) < 4.78 is 4.96. The average molecular weight is 201 g/mol. The van der Waals surface area contributed by atoms with Crippen molar-refractivity contribution >= 4 is 5.97 Å². The molecule has 0 aromatic rings. The van der Waals surface area contributed by atoms with Crippen molar-refractivity contribution < 1.29 is 9.53 Å². The summed E-state index contributed by atoms with van der Waals surface area (Å²) in [5, 5.41) is 2.98. The first-order valence-corrected chi connectivity index (χ1v) is 5.24. The molecule has 0 heterocycles. The van der Waals surface area contributed by atoms with Gasteiger partial charge in [-0.15, -0.1) is 0 Å². The third kappa shape index (κ3) is 5.97. The molecule has 0 aliphatic carbocycles. The first-order chi connectivity index (χ1) is 6.40. The molecule has 1 unspecified atom stereocenters. The Morgan fingerprint density at radius 3 is 2.36 bits per heavy atom. The van der Waals surface area contributed by atoms with E-state index in [9.17, 15) is 4.79 Å². The topological polar surface area (TPSA) is 38.3 Å². The van der Waals surface area contributed by atoms with E-state index in [0.717, 1.165) is 12.8 Å². The lowest BCUT2D eigenvalue weighted by molar-refractivity contribution is -0.145. The van der Waals surface area contributed by atoms with E-state index in [2.05, 4.69) is 26.1 Å². The zero-order valence-corrected chi connectivity index (χ0v) is 10.0. The number of hydrogen-bond donors (Lipinski definition) is 1. The molecule has 0 saturated heterocycles. The van der Waals surface area contributed by atoms with E-state index >= 15 is 0 Å². The van der Waals surface area contributed by atoms with Crippen LogP contribution in [0.5, 0.6) is 0 Å². The maximum absolute atomic E-state index is 11.4. The summed E-state index contributed by atoms with van der Waals surface area (Å²) in [4.78, 5) is 11.4. The number of carbonyl (C=O) groups excluding carboxylic acids is 1. The lowest BCUT2D eigenvalue weighted by atomic mass is 9.89. The van der Waals surface area contributed by atoms with Gasteiger partial charge in [-0.05, 0) is 32.2 Å². The van der Waals surface area contributed by atoms with E-state index < -0.39 is 0 Å². The number of likely N-dealkylation sites (N-methyl/N-ethyl adjacent to an activating group) is 1. The summed E-state index contributed by atoms with van der Waals surface area (Å²) in [6.45, 7) is 8.79. The maximum Gasteiger partial charge on any atom is 0.323 e. The number of hydrogen-bond acceptors (Lipinski definition) is 3. The van der Waals surface area contributed by atoms with Gasteiger partial charge in [-0.1, -0.05) is 20.8 Å². The van der Waals surface area contributed by atoms with Crippen LogP contribution in [0.4, 0.5) is 0 Å². The Hall–Kier alpha value is -0.570. The molecule has 0 aromatic carbocycles. The Morgan fingerprint density at radius 1 is 1.43 bits per heavy atom. The zero-order valence-electron chi connectivity index (χ0n) is 10.0. The SMILES string of the molecule is CCOC(=O)C(CCC(C)(C)C)NC.